The van der Waals surface area contributed by atoms with Crippen molar-refractivity contribution in [2.24, 2.45) is 0 Å². The highest BCUT2D eigenvalue weighted by molar-refractivity contribution is 8.31. The van der Waals surface area contributed by atoms with Crippen molar-refractivity contribution >= 4 is 27.9 Å². The van der Waals surface area contributed by atoms with Crippen molar-refractivity contribution in [3.05, 3.63) is 94.5 Å². The number of nitrogens with one attached hydrogen (secondary N) is 2. The Morgan fingerprint density at radius 2 is 1.52 bits per heavy atom. The molecule has 0 spiro atoms. The maximum Gasteiger partial charge on any atom is 0.269 e. The van der Waals surface area contributed by atoms with Crippen molar-refractivity contribution in [3.63, 3.8) is 0 Å². The van der Waals surface area contributed by atoms with Crippen LogP contribution in [0.2, 0.25) is 0 Å². The van der Waals surface area contributed by atoms with Crippen LogP contribution in [-0.2, 0) is 4.79 Å². The fourth-order valence-electron chi connectivity index (χ4n) is 3.03. The summed E-state index contributed by atoms with van der Waals surface area (Å²) in [4.78, 5) is 37.1. The lowest BCUT2D eigenvalue weighted by molar-refractivity contribution is -0.384. The minimum atomic E-state index is -2.73. The lowest BCUT2D eigenvalue weighted by atomic mass is 10.2. The fraction of sp³-hybridized carbons (Fsp3) is 0.0909. The molecule has 0 fully saturated rings. The molecule has 8 nitrogen and oxygen atoms in total. The molecule has 0 saturated carbocycles. The summed E-state index contributed by atoms with van der Waals surface area (Å²) in [5.41, 5.74) is 0.302. The van der Waals surface area contributed by atoms with E-state index in [-0.39, 0.29) is 11.6 Å². The highest BCUT2D eigenvalue weighted by atomic mass is 32.3. The van der Waals surface area contributed by atoms with E-state index in [0.717, 1.165) is 0 Å². The Kier molecular flexibility index (Phi) is 6.56. The SMILES string of the molecule is COc1ccccc1S(NC(C)=O)(NC(=O)c1ccccc1)c1ccc([N+](=O)[O-])cc1. The van der Waals surface area contributed by atoms with E-state index >= 15 is 0 Å². The van der Waals surface area contributed by atoms with Crippen molar-refractivity contribution in [2.75, 3.05) is 7.11 Å². The van der Waals surface area contributed by atoms with E-state index in [1.54, 1.807) is 54.6 Å². The van der Waals surface area contributed by atoms with Gasteiger partial charge in [0.2, 0.25) is 5.91 Å². The molecule has 31 heavy (non-hydrogen) atoms. The van der Waals surface area contributed by atoms with Crippen LogP contribution in [0.25, 0.3) is 0 Å². The molecule has 3 aromatic carbocycles. The smallest absolute Gasteiger partial charge is 0.269 e. The van der Waals surface area contributed by atoms with Crippen LogP contribution in [0.15, 0.2) is 88.7 Å². The summed E-state index contributed by atoms with van der Waals surface area (Å²) < 4.78 is 11.4. The van der Waals surface area contributed by atoms with Crippen LogP contribution in [0, 0.1) is 10.1 Å². The maximum absolute atomic E-state index is 13.2. The third-order valence-electron chi connectivity index (χ3n) is 4.38. The lowest BCUT2D eigenvalue weighted by Crippen LogP contribution is -2.39. The van der Waals surface area contributed by atoms with Crippen LogP contribution in [0.5, 0.6) is 5.75 Å². The molecule has 2 N–H and O–H groups in total. The number of ether oxygens (including phenoxy) is 1. The molecule has 1 unspecified atom stereocenters. The number of nitro benzene ring substituents is 1. The topological polar surface area (TPSA) is 111 Å². The molecule has 0 heterocycles. The molecule has 0 aliphatic heterocycles. The number of carbonyl (C=O) groups excluding carboxylic acids is 2. The zero-order valence-corrected chi connectivity index (χ0v) is 17.7. The molecule has 160 valence electrons. The van der Waals surface area contributed by atoms with Crippen molar-refractivity contribution in [3.8, 4) is 5.75 Å². The Balaban J connectivity index is 2.24. The van der Waals surface area contributed by atoms with Crippen LogP contribution in [0.3, 0.4) is 0 Å². The van der Waals surface area contributed by atoms with Gasteiger partial charge in [-0.05, 0) is 46.8 Å². The summed E-state index contributed by atoms with van der Waals surface area (Å²) in [7, 11) is -1.24. The normalized spacial score (nSPS) is 13.4. The van der Waals surface area contributed by atoms with Gasteiger partial charge < -0.3 is 4.74 Å². The van der Waals surface area contributed by atoms with E-state index in [0.29, 0.717) is 21.1 Å². The van der Waals surface area contributed by atoms with Crippen molar-refractivity contribution in [2.45, 2.75) is 16.7 Å². The third-order valence-corrected chi connectivity index (χ3v) is 7.44. The highest BCUT2D eigenvalue weighted by Gasteiger charge is 2.35. The van der Waals surface area contributed by atoms with Gasteiger partial charge in [0, 0.05) is 29.5 Å². The maximum atomic E-state index is 13.2. The highest BCUT2D eigenvalue weighted by Crippen LogP contribution is 2.59. The Hall–Kier alpha value is -3.85. The van der Waals surface area contributed by atoms with Gasteiger partial charge in [-0.3, -0.25) is 29.1 Å². The van der Waals surface area contributed by atoms with E-state index in [2.05, 4.69) is 9.44 Å². The number of para-hydroxylation sites is 1. The summed E-state index contributed by atoms with van der Waals surface area (Å²) in [6.07, 6.45) is 0. The molecular weight excluding hydrogens is 418 g/mol. The lowest BCUT2D eigenvalue weighted by Gasteiger charge is -2.41. The molecule has 0 aliphatic carbocycles. The Labute approximate surface area is 181 Å². The summed E-state index contributed by atoms with van der Waals surface area (Å²) in [5.74, 6) is -0.334. The molecule has 3 rings (SSSR count). The van der Waals surface area contributed by atoms with Gasteiger partial charge in [-0.25, -0.2) is 0 Å². The average Bonchev–Trinajstić information content (AvgIpc) is 2.78. The second kappa shape index (κ2) is 9.31. The molecule has 0 radical (unpaired) electrons. The van der Waals surface area contributed by atoms with E-state index in [1.165, 1.54) is 38.3 Å². The second-order valence-electron chi connectivity index (χ2n) is 6.47. The standard InChI is InChI=1S/C22H21N3O5S/c1-16(26)23-31(21-11-7-6-10-20(21)30-2,19-14-12-18(13-15-19)25(28)29)24-22(27)17-8-4-3-5-9-17/h3-15H,1-2H3,(H,23,26)(H,24,27). The van der Waals surface area contributed by atoms with Gasteiger partial charge in [0.15, 0.2) is 0 Å². The van der Waals surface area contributed by atoms with Crippen LogP contribution in [-0.4, -0.2) is 23.8 Å². The Morgan fingerprint density at radius 1 is 0.903 bits per heavy atom. The first kappa shape index (κ1) is 21.8. The van der Waals surface area contributed by atoms with Crippen molar-refractivity contribution in [1.29, 1.82) is 0 Å². The molecular formula is C22H21N3O5S. The van der Waals surface area contributed by atoms with E-state index in [1.807, 2.05) is 0 Å². The van der Waals surface area contributed by atoms with Gasteiger partial charge in [-0.2, -0.15) is 0 Å². The van der Waals surface area contributed by atoms with E-state index < -0.39 is 21.2 Å². The summed E-state index contributed by atoms with van der Waals surface area (Å²) in [6.45, 7) is 1.34. The number of methoxy groups -OCH3 is 1. The Morgan fingerprint density at radius 3 is 2.10 bits per heavy atom. The summed E-state index contributed by atoms with van der Waals surface area (Å²) in [5, 5.41) is 11.1. The molecule has 2 amide bonds. The number of nitrogens with zero attached hydrogens (tertiary/aromatic N) is 1. The minimum Gasteiger partial charge on any atom is -0.496 e. The van der Waals surface area contributed by atoms with Gasteiger partial charge in [-0.15, -0.1) is 0 Å². The average molecular weight is 439 g/mol. The number of non-ortho nitro benzene ring substituents is 1. The van der Waals surface area contributed by atoms with Gasteiger partial charge in [-0.1, -0.05) is 30.3 Å². The number of nitro groups is 1. The molecule has 0 aliphatic rings. The van der Waals surface area contributed by atoms with E-state index in [4.69, 9.17) is 4.74 Å². The molecule has 3 aromatic rings. The number of rotatable bonds is 7. The predicted octanol–water partition coefficient (Wildman–Crippen LogP) is 4.22. The number of carbonyl (C=O) groups is 2. The third kappa shape index (κ3) is 4.67. The zero-order chi connectivity index (χ0) is 22.4. The zero-order valence-electron chi connectivity index (χ0n) is 16.9. The molecule has 0 bridgehead atoms. The first-order valence-electron chi connectivity index (χ1n) is 9.24. The molecule has 1 atom stereocenters. The predicted molar refractivity (Wildman–Crippen MR) is 118 cm³/mol. The van der Waals surface area contributed by atoms with Gasteiger partial charge in [0.25, 0.3) is 11.6 Å². The number of benzene rings is 3. The fourth-order valence-corrected chi connectivity index (χ4v) is 5.90. The quantitative estimate of drug-likeness (QED) is 0.423. The van der Waals surface area contributed by atoms with Crippen LogP contribution in [0.1, 0.15) is 17.3 Å². The first-order chi connectivity index (χ1) is 14.9. The number of hydrogen-bond acceptors (Lipinski definition) is 5. The molecule has 9 heteroatoms. The second-order valence-corrected chi connectivity index (χ2v) is 9.01. The molecule has 0 saturated heterocycles. The number of amides is 2. The Bertz CT molecular complexity index is 1110. The number of hydrogen-bond donors (Lipinski definition) is 2. The molecule has 0 aromatic heterocycles. The largest absolute Gasteiger partial charge is 0.496 e. The summed E-state index contributed by atoms with van der Waals surface area (Å²) in [6, 6.07) is 21.3. The van der Waals surface area contributed by atoms with Crippen LogP contribution >= 0.6 is 10.4 Å². The van der Waals surface area contributed by atoms with Crippen LogP contribution < -0.4 is 14.2 Å². The van der Waals surface area contributed by atoms with Crippen molar-refractivity contribution < 1.29 is 19.2 Å². The van der Waals surface area contributed by atoms with Gasteiger partial charge in [0.1, 0.15) is 5.75 Å². The minimum absolute atomic E-state index is 0.103. The van der Waals surface area contributed by atoms with Gasteiger partial charge in [0.05, 0.1) is 16.9 Å². The van der Waals surface area contributed by atoms with E-state index in [9.17, 15) is 19.7 Å². The van der Waals surface area contributed by atoms with Gasteiger partial charge >= 0.3 is 0 Å². The van der Waals surface area contributed by atoms with Crippen molar-refractivity contribution in [1.82, 2.24) is 9.44 Å². The summed E-state index contributed by atoms with van der Waals surface area (Å²) >= 11 is 0. The monoisotopic (exact) mass is 439 g/mol. The first-order valence-corrected chi connectivity index (χ1v) is 10.9. The van der Waals surface area contributed by atoms with Crippen LogP contribution in [0.4, 0.5) is 5.69 Å².